The number of halogens is 1. The number of aryl methyl sites for hydroxylation is 1. The summed E-state index contributed by atoms with van der Waals surface area (Å²) < 4.78 is 6.97. The van der Waals surface area contributed by atoms with Crippen LogP contribution in [0.4, 0.5) is 5.69 Å². The molecule has 7 heteroatoms. The third kappa shape index (κ3) is 3.45. The van der Waals surface area contributed by atoms with Crippen LogP contribution in [0, 0.1) is 6.92 Å². The van der Waals surface area contributed by atoms with Gasteiger partial charge in [-0.25, -0.2) is 4.98 Å². The number of fused-ring (bicyclic) bond motifs is 1. The quantitative estimate of drug-likeness (QED) is 0.733. The average Bonchev–Trinajstić information content (AvgIpc) is 2.95. The van der Waals surface area contributed by atoms with E-state index < -0.39 is 0 Å². The van der Waals surface area contributed by atoms with E-state index >= 15 is 0 Å². The number of carbonyl (C=O) groups excluding carboxylic acids is 1. The van der Waals surface area contributed by atoms with Gasteiger partial charge in [0.05, 0.1) is 23.8 Å². The van der Waals surface area contributed by atoms with Crippen LogP contribution >= 0.6 is 11.6 Å². The molecule has 0 unspecified atom stereocenters. The van der Waals surface area contributed by atoms with Crippen molar-refractivity contribution in [2.75, 3.05) is 12.4 Å². The van der Waals surface area contributed by atoms with Gasteiger partial charge in [0.2, 0.25) is 5.91 Å². The number of anilines is 1. The van der Waals surface area contributed by atoms with Crippen LogP contribution in [0.1, 0.15) is 11.4 Å². The summed E-state index contributed by atoms with van der Waals surface area (Å²) in [6.45, 7) is 1.64. The lowest BCUT2D eigenvalue weighted by atomic mass is 10.2. The van der Waals surface area contributed by atoms with Gasteiger partial charge in [-0.1, -0.05) is 23.7 Å². The number of imidazole rings is 1. The Morgan fingerprint density at radius 1 is 1.36 bits per heavy atom. The first-order chi connectivity index (χ1) is 12.0. The van der Waals surface area contributed by atoms with Crippen molar-refractivity contribution in [1.29, 1.82) is 0 Å². The Morgan fingerprint density at radius 2 is 2.12 bits per heavy atom. The number of methoxy groups -OCH3 is 1. The number of hydrogen-bond acceptors (Lipinski definition) is 4. The van der Waals surface area contributed by atoms with Crippen molar-refractivity contribution in [1.82, 2.24) is 9.55 Å². The molecule has 2 N–H and O–H groups in total. The normalized spacial score (nSPS) is 10.9. The zero-order valence-corrected chi connectivity index (χ0v) is 14.7. The Balaban J connectivity index is 1.88. The van der Waals surface area contributed by atoms with Gasteiger partial charge in [0.15, 0.2) is 0 Å². The van der Waals surface area contributed by atoms with Crippen LogP contribution in [0.3, 0.4) is 0 Å². The Hall–Kier alpha value is -2.57. The number of aromatic nitrogens is 2. The van der Waals surface area contributed by atoms with Gasteiger partial charge in [0.25, 0.3) is 0 Å². The molecule has 3 aromatic rings. The molecule has 2 aromatic carbocycles. The SMILES string of the molecule is COc1cc(Cl)c(C)cc1NC(=O)Cn1c(CO)nc2ccccc21. The van der Waals surface area contributed by atoms with Crippen LogP contribution in [0.5, 0.6) is 5.75 Å². The zero-order valence-electron chi connectivity index (χ0n) is 13.9. The maximum absolute atomic E-state index is 12.5. The van der Waals surface area contributed by atoms with Crippen molar-refractivity contribution < 1.29 is 14.6 Å². The lowest BCUT2D eigenvalue weighted by Gasteiger charge is -2.13. The van der Waals surface area contributed by atoms with E-state index in [0.717, 1.165) is 16.6 Å². The number of amides is 1. The topological polar surface area (TPSA) is 76.4 Å². The number of aliphatic hydroxyl groups excluding tert-OH is 1. The third-order valence-electron chi connectivity index (χ3n) is 3.93. The highest BCUT2D eigenvalue weighted by Crippen LogP contribution is 2.31. The number of rotatable bonds is 5. The molecule has 25 heavy (non-hydrogen) atoms. The van der Waals surface area contributed by atoms with Crippen molar-refractivity contribution in [2.24, 2.45) is 0 Å². The lowest BCUT2D eigenvalue weighted by molar-refractivity contribution is -0.116. The molecule has 0 saturated carbocycles. The summed E-state index contributed by atoms with van der Waals surface area (Å²) in [5.41, 5.74) is 2.91. The number of aliphatic hydroxyl groups is 1. The first-order valence-corrected chi connectivity index (χ1v) is 8.10. The van der Waals surface area contributed by atoms with E-state index in [-0.39, 0.29) is 19.1 Å². The molecule has 1 aromatic heterocycles. The maximum atomic E-state index is 12.5. The monoisotopic (exact) mass is 359 g/mol. The van der Waals surface area contributed by atoms with E-state index in [1.54, 1.807) is 16.7 Å². The third-order valence-corrected chi connectivity index (χ3v) is 4.34. The first kappa shape index (κ1) is 17.3. The largest absolute Gasteiger partial charge is 0.495 e. The predicted octanol–water partition coefficient (Wildman–Crippen LogP) is 3.14. The molecule has 0 radical (unpaired) electrons. The summed E-state index contributed by atoms with van der Waals surface area (Å²) in [6.07, 6.45) is 0. The first-order valence-electron chi connectivity index (χ1n) is 7.72. The molecule has 0 atom stereocenters. The fourth-order valence-electron chi connectivity index (χ4n) is 2.69. The fraction of sp³-hybridized carbons (Fsp3) is 0.222. The van der Waals surface area contributed by atoms with Gasteiger partial charge in [0.1, 0.15) is 24.7 Å². The van der Waals surface area contributed by atoms with Gasteiger partial charge in [0, 0.05) is 11.1 Å². The molecule has 0 fully saturated rings. The van der Waals surface area contributed by atoms with Crippen molar-refractivity contribution >= 4 is 34.2 Å². The average molecular weight is 360 g/mol. The predicted molar refractivity (Wildman–Crippen MR) is 97.0 cm³/mol. The second-order valence-electron chi connectivity index (χ2n) is 5.61. The van der Waals surface area contributed by atoms with Crippen LogP contribution in [0.25, 0.3) is 11.0 Å². The standard InChI is InChI=1S/C18H18ClN3O3/c1-11-7-14(16(25-2)8-12(11)19)21-18(24)9-22-15-6-4-3-5-13(15)20-17(22)10-23/h3-8,23H,9-10H2,1-2H3,(H,21,24). The molecule has 0 aliphatic heterocycles. The number of para-hydroxylation sites is 2. The van der Waals surface area contributed by atoms with E-state index in [0.29, 0.717) is 22.3 Å². The number of carbonyl (C=O) groups is 1. The van der Waals surface area contributed by atoms with Crippen LogP contribution in [0.15, 0.2) is 36.4 Å². The summed E-state index contributed by atoms with van der Waals surface area (Å²) >= 11 is 6.09. The molecular weight excluding hydrogens is 342 g/mol. The minimum absolute atomic E-state index is 0.0290. The minimum atomic E-state index is -0.252. The van der Waals surface area contributed by atoms with E-state index in [9.17, 15) is 9.90 Å². The summed E-state index contributed by atoms with van der Waals surface area (Å²) in [4.78, 5) is 16.9. The van der Waals surface area contributed by atoms with E-state index in [1.807, 2.05) is 31.2 Å². The minimum Gasteiger partial charge on any atom is -0.495 e. The number of hydrogen-bond donors (Lipinski definition) is 2. The highest BCUT2D eigenvalue weighted by atomic mass is 35.5. The molecule has 1 heterocycles. The van der Waals surface area contributed by atoms with Crippen LogP contribution in [-0.4, -0.2) is 27.7 Å². The van der Waals surface area contributed by atoms with Gasteiger partial charge in [-0.3, -0.25) is 4.79 Å². The van der Waals surface area contributed by atoms with E-state index in [2.05, 4.69) is 10.3 Å². The maximum Gasteiger partial charge on any atom is 0.244 e. The fourth-order valence-corrected chi connectivity index (χ4v) is 2.84. The summed E-state index contributed by atoms with van der Waals surface area (Å²) in [5.74, 6) is 0.676. The van der Waals surface area contributed by atoms with Crippen molar-refractivity contribution in [3.05, 3.63) is 52.8 Å². The Labute approximate surface area is 150 Å². The molecule has 3 rings (SSSR count). The summed E-state index contributed by atoms with van der Waals surface area (Å²) in [5, 5.41) is 12.9. The van der Waals surface area contributed by atoms with Gasteiger partial charge >= 0.3 is 0 Å². The summed E-state index contributed by atoms with van der Waals surface area (Å²) in [6, 6.07) is 10.9. The highest BCUT2D eigenvalue weighted by molar-refractivity contribution is 6.31. The Kier molecular flexibility index (Phi) is 4.92. The van der Waals surface area contributed by atoms with Crippen LogP contribution in [0.2, 0.25) is 5.02 Å². The molecule has 6 nitrogen and oxygen atoms in total. The number of nitrogens with zero attached hydrogens (tertiary/aromatic N) is 2. The van der Waals surface area contributed by atoms with Crippen molar-refractivity contribution in [2.45, 2.75) is 20.1 Å². The van der Waals surface area contributed by atoms with Gasteiger partial charge < -0.3 is 19.7 Å². The van der Waals surface area contributed by atoms with Crippen molar-refractivity contribution in [3.63, 3.8) is 0 Å². The Morgan fingerprint density at radius 3 is 2.84 bits per heavy atom. The highest BCUT2D eigenvalue weighted by Gasteiger charge is 2.15. The molecular formula is C18H18ClN3O3. The molecule has 1 amide bonds. The van der Waals surface area contributed by atoms with E-state index in [1.165, 1.54) is 7.11 Å². The van der Waals surface area contributed by atoms with Crippen LogP contribution < -0.4 is 10.1 Å². The van der Waals surface area contributed by atoms with Gasteiger partial charge in [-0.15, -0.1) is 0 Å². The smallest absolute Gasteiger partial charge is 0.244 e. The van der Waals surface area contributed by atoms with Crippen LogP contribution in [-0.2, 0) is 17.9 Å². The molecule has 0 aliphatic carbocycles. The molecule has 0 spiro atoms. The molecule has 0 aliphatic rings. The van der Waals surface area contributed by atoms with Crippen molar-refractivity contribution in [3.8, 4) is 5.75 Å². The molecule has 0 saturated heterocycles. The van der Waals surface area contributed by atoms with Gasteiger partial charge in [-0.2, -0.15) is 0 Å². The summed E-state index contributed by atoms with van der Waals surface area (Å²) in [7, 11) is 1.52. The molecule has 130 valence electrons. The second kappa shape index (κ2) is 7.13. The number of nitrogens with one attached hydrogen (secondary N) is 1. The number of ether oxygens (including phenoxy) is 1. The number of benzene rings is 2. The molecule has 0 bridgehead atoms. The Bertz CT molecular complexity index is 937. The second-order valence-corrected chi connectivity index (χ2v) is 6.02. The van der Waals surface area contributed by atoms with Gasteiger partial charge in [-0.05, 0) is 30.7 Å². The van der Waals surface area contributed by atoms with E-state index in [4.69, 9.17) is 16.3 Å². The lowest BCUT2D eigenvalue weighted by Crippen LogP contribution is -2.20. The zero-order chi connectivity index (χ0) is 18.0.